The molecule has 0 rings (SSSR count). The molecule has 0 fully saturated rings. The molecule has 2 unspecified atom stereocenters. The molecule has 118 valence electrons. The maximum absolute atomic E-state index is 12.1. The van der Waals surface area contributed by atoms with Crippen molar-refractivity contribution in [3.63, 3.8) is 0 Å². The quantitative estimate of drug-likeness (QED) is 0.609. The van der Waals surface area contributed by atoms with Gasteiger partial charge in [0.25, 0.3) is 0 Å². The maximum atomic E-state index is 12.1. The second-order valence-electron chi connectivity index (χ2n) is 6.30. The smallest absolute Gasteiger partial charge is 0.309 e. The molecule has 0 aromatic carbocycles. The van der Waals surface area contributed by atoms with E-state index in [9.17, 15) is 9.59 Å². The first-order valence-corrected chi connectivity index (χ1v) is 7.60. The van der Waals surface area contributed by atoms with Crippen molar-refractivity contribution in [3.05, 3.63) is 0 Å². The average molecular weight is 286 g/mol. The van der Waals surface area contributed by atoms with E-state index in [1.807, 2.05) is 41.5 Å². The van der Waals surface area contributed by atoms with Crippen LogP contribution in [0.25, 0.3) is 0 Å². The van der Waals surface area contributed by atoms with Crippen molar-refractivity contribution in [1.29, 1.82) is 0 Å². The van der Waals surface area contributed by atoms with Crippen molar-refractivity contribution < 1.29 is 19.1 Å². The third-order valence-corrected chi connectivity index (χ3v) is 3.16. The Bertz CT molecular complexity index is 297. The summed E-state index contributed by atoms with van der Waals surface area (Å²) >= 11 is 0. The Hall–Kier alpha value is -1.06. The van der Waals surface area contributed by atoms with Gasteiger partial charge in [-0.05, 0) is 17.8 Å². The van der Waals surface area contributed by atoms with Gasteiger partial charge in [0.05, 0.1) is 25.6 Å². The Morgan fingerprint density at radius 3 is 1.85 bits per heavy atom. The molecule has 4 nitrogen and oxygen atoms in total. The highest BCUT2D eigenvalue weighted by Crippen LogP contribution is 2.21. The number of ether oxygens (including phenoxy) is 2. The van der Waals surface area contributed by atoms with Crippen LogP contribution in [0.3, 0.4) is 0 Å². The Labute approximate surface area is 123 Å². The van der Waals surface area contributed by atoms with Crippen LogP contribution in [-0.2, 0) is 19.1 Å². The molecule has 4 heteroatoms. The molecule has 2 atom stereocenters. The molecule has 0 amide bonds. The molecular weight excluding hydrogens is 256 g/mol. The van der Waals surface area contributed by atoms with E-state index in [1.165, 1.54) is 0 Å². The molecule has 0 bridgehead atoms. The molecule has 0 heterocycles. The Morgan fingerprint density at radius 2 is 1.40 bits per heavy atom. The molecule has 0 radical (unpaired) electrons. The van der Waals surface area contributed by atoms with Gasteiger partial charge in [0, 0.05) is 0 Å². The van der Waals surface area contributed by atoms with E-state index in [-0.39, 0.29) is 24.3 Å². The molecule has 0 aromatic heterocycles. The van der Waals surface area contributed by atoms with Crippen molar-refractivity contribution in [2.75, 3.05) is 13.2 Å². The SMILES string of the molecule is CCC(C)C(CC(=O)OCC(C)C)C(=O)OCC(C)C. The van der Waals surface area contributed by atoms with Crippen LogP contribution in [0.5, 0.6) is 0 Å². The zero-order chi connectivity index (χ0) is 15.7. The summed E-state index contributed by atoms with van der Waals surface area (Å²) in [6.45, 7) is 12.7. The van der Waals surface area contributed by atoms with Gasteiger partial charge in [-0.2, -0.15) is 0 Å². The molecule has 20 heavy (non-hydrogen) atoms. The van der Waals surface area contributed by atoms with Gasteiger partial charge in [-0.25, -0.2) is 0 Å². The third-order valence-electron chi connectivity index (χ3n) is 3.16. The van der Waals surface area contributed by atoms with Gasteiger partial charge in [0.1, 0.15) is 0 Å². The standard InChI is InChI=1S/C16H30O4/c1-7-13(6)14(16(18)20-10-12(4)5)8-15(17)19-9-11(2)3/h11-14H,7-10H2,1-6H3. The van der Waals surface area contributed by atoms with Crippen LogP contribution < -0.4 is 0 Å². The largest absolute Gasteiger partial charge is 0.465 e. The molecule has 0 aliphatic heterocycles. The van der Waals surface area contributed by atoms with Crippen LogP contribution in [0, 0.1) is 23.7 Å². The van der Waals surface area contributed by atoms with Crippen molar-refractivity contribution in [3.8, 4) is 0 Å². The Balaban J connectivity index is 4.48. The fraction of sp³-hybridized carbons (Fsp3) is 0.875. The van der Waals surface area contributed by atoms with Crippen LogP contribution in [0.15, 0.2) is 0 Å². The minimum Gasteiger partial charge on any atom is -0.465 e. The molecule has 0 N–H and O–H groups in total. The van der Waals surface area contributed by atoms with Gasteiger partial charge >= 0.3 is 11.9 Å². The van der Waals surface area contributed by atoms with Gasteiger partial charge in [0.2, 0.25) is 0 Å². The van der Waals surface area contributed by atoms with E-state index in [1.54, 1.807) is 0 Å². The highest BCUT2D eigenvalue weighted by Gasteiger charge is 2.29. The summed E-state index contributed by atoms with van der Waals surface area (Å²) in [5, 5.41) is 0. The first-order valence-electron chi connectivity index (χ1n) is 7.60. The van der Waals surface area contributed by atoms with E-state index in [0.29, 0.717) is 25.0 Å². The molecule has 0 spiro atoms. The Morgan fingerprint density at radius 1 is 0.900 bits per heavy atom. The van der Waals surface area contributed by atoms with Crippen LogP contribution >= 0.6 is 0 Å². The molecule has 0 saturated carbocycles. The number of carbonyl (C=O) groups excluding carboxylic acids is 2. The lowest BCUT2D eigenvalue weighted by Gasteiger charge is -2.21. The molecular formula is C16H30O4. The van der Waals surface area contributed by atoms with E-state index in [4.69, 9.17) is 9.47 Å². The molecule has 0 aromatic rings. The predicted molar refractivity (Wildman–Crippen MR) is 79.2 cm³/mol. The third kappa shape index (κ3) is 8.18. The number of rotatable bonds is 9. The summed E-state index contributed by atoms with van der Waals surface area (Å²) in [4.78, 5) is 23.9. The van der Waals surface area contributed by atoms with Crippen molar-refractivity contribution >= 4 is 11.9 Å². The summed E-state index contributed by atoms with van der Waals surface area (Å²) in [5.74, 6) is -0.293. The fourth-order valence-corrected chi connectivity index (χ4v) is 1.66. The van der Waals surface area contributed by atoms with Gasteiger partial charge in [-0.1, -0.05) is 48.0 Å². The van der Waals surface area contributed by atoms with Gasteiger partial charge < -0.3 is 9.47 Å². The van der Waals surface area contributed by atoms with Gasteiger partial charge in [0.15, 0.2) is 0 Å². The minimum absolute atomic E-state index is 0.110. The highest BCUT2D eigenvalue weighted by molar-refractivity contribution is 5.80. The van der Waals surface area contributed by atoms with E-state index >= 15 is 0 Å². The van der Waals surface area contributed by atoms with E-state index in [2.05, 4.69) is 0 Å². The van der Waals surface area contributed by atoms with Gasteiger partial charge in [-0.3, -0.25) is 9.59 Å². The molecule has 0 aliphatic rings. The second kappa shape index (κ2) is 9.78. The Kier molecular flexibility index (Phi) is 9.26. The summed E-state index contributed by atoms with van der Waals surface area (Å²) in [6.07, 6.45) is 0.942. The van der Waals surface area contributed by atoms with Crippen molar-refractivity contribution in [2.45, 2.75) is 54.4 Å². The lowest BCUT2D eigenvalue weighted by Crippen LogP contribution is -2.28. The highest BCUT2D eigenvalue weighted by atomic mass is 16.5. The average Bonchev–Trinajstić information content (AvgIpc) is 2.38. The first kappa shape index (κ1) is 18.9. The summed E-state index contributed by atoms with van der Waals surface area (Å²) in [6, 6.07) is 0. The maximum Gasteiger partial charge on any atom is 0.309 e. The summed E-state index contributed by atoms with van der Waals surface area (Å²) < 4.78 is 10.4. The molecule has 0 aliphatic carbocycles. The monoisotopic (exact) mass is 286 g/mol. The number of hydrogen-bond acceptors (Lipinski definition) is 4. The second-order valence-corrected chi connectivity index (χ2v) is 6.30. The number of hydrogen-bond donors (Lipinski definition) is 0. The predicted octanol–water partition coefficient (Wildman–Crippen LogP) is 3.44. The summed E-state index contributed by atoms with van der Waals surface area (Å²) in [7, 11) is 0. The van der Waals surface area contributed by atoms with Crippen molar-refractivity contribution in [1.82, 2.24) is 0 Å². The fourth-order valence-electron chi connectivity index (χ4n) is 1.66. The van der Waals surface area contributed by atoms with E-state index < -0.39 is 5.92 Å². The summed E-state index contributed by atoms with van der Waals surface area (Å²) in [5.41, 5.74) is 0. The van der Waals surface area contributed by atoms with Crippen LogP contribution in [0.1, 0.15) is 54.4 Å². The molecule has 0 saturated heterocycles. The van der Waals surface area contributed by atoms with Crippen LogP contribution in [0.2, 0.25) is 0 Å². The topological polar surface area (TPSA) is 52.6 Å². The lowest BCUT2D eigenvalue weighted by atomic mass is 9.89. The van der Waals surface area contributed by atoms with E-state index in [0.717, 1.165) is 6.42 Å². The normalized spacial score (nSPS) is 14.2. The minimum atomic E-state index is -0.404. The van der Waals surface area contributed by atoms with Gasteiger partial charge in [-0.15, -0.1) is 0 Å². The van der Waals surface area contributed by atoms with Crippen molar-refractivity contribution in [2.24, 2.45) is 23.7 Å². The number of esters is 2. The zero-order valence-electron chi connectivity index (χ0n) is 13.8. The van der Waals surface area contributed by atoms with Crippen LogP contribution in [0.4, 0.5) is 0 Å². The zero-order valence-corrected chi connectivity index (χ0v) is 13.8. The number of carbonyl (C=O) groups is 2. The van der Waals surface area contributed by atoms with Crippen LogP contribution in [-0.4, -0.2) is 25.2 Å². The first-order chi connectivity index (χ1) is 9.27. The lowest BCUT2D eigenvalue weighted by molar-refractivity contribution is -0.158.